The van der Waals surface area contributed by atoms with Crippen molar-refractivity contribution in [3.8, 4) is 12.3 Å². The Morgan fingerprint density at radius 1 is 1.88 bits per heavy atom. The zero-order chi connectivity index (χ0) is 6.41. The number of allylic oxidation sites excluding steroid dienone is 1. The molecule has 0 bridgehead atoms. The lowest BCUT2D eigenvalue weighted by atomic mass is 10.3. The molecule has 1 nitrogen and oxygen atoms in total. The molecular formula is C7H10O. The van der Waals surface area contributed by atoms with Crippen LogP contribution in [0.1, 0.15) is 13.3 Å². The van der Waals surface area contributed by atoms with E-state index in [0.717, 1.165) is 0 Å². The van der Waals surface area contributed by atoms with E-state index in [1.54, 1.807) is 19.1 Å². The maximum Gasteiger partial charge on any atom is 0.0546 e. The molecular weight excluding hydrogens is 100 g/mol. The molecule has 0 aromatic carbocycles. The van der Waals surface area contributed by atoms with Crippen LogP contribution in [0, 0.1) is 12.3 Å². The molecule has 1 atom stereocenters. The van der Waals surface area contributed by atoms with Gasteiger partial charge in [0.25, 0.3) is 0 Å². The summed E-state index contributed by atoms with van der Waals surface area (Å²) in [4.78, 5) is 0. The Kier molecular flexibility index (Phi) is 4.01. The number of hydrogen-bond acceptors (Lipinski definition) is 1. The van der Waals surface area contributed by atoms with Crippen LogP contribution >= 0.6 is 0 Å². The summed E-state index contributed by atoms with van der Waals surface area (Å²) in [6.07, 6.45) is 8.62. The minimum absolute atomic E-state index is 0.278. The van der Waals surface area contributed by atoms with E-state index in [1.165, 1.54) is 0 Å². The Bertz CT molecular complexity index is 106. The molecule has 0 spiro atoms. The predicted octanol–water partition coefficient (Wildman–Crippen LogP) is 0.947. The number of rotatable bonds is 2. The van der Waals surface area contributed by atoms with Gasteiger partial charge in [-0.15, -0.1) is 6.42 Å². The maximum atomic E-state index is 8.66. The van der Waals surface area contributed by atoms with E-state index < -0.39 is 0 Å². The summed E-state index contributed by atoms with van der Waals surface area (Å²) in [5.74, 6) is 2.33. The van der Waals surface area contributed by atoms with Crippen LogP contribution in [0.25, 0.3) is 0 Å². The Balaban J connectivity index is 3.19. The van der Waals surface area contributed by atoms with Crippen molar-refractivity contribution in [2.45, 2.75) is 19.4 Å². The highest BCUT2D eigenvalue weighted by Crippen LogP contribution is 1.88. The molecule has 0 aliphatic rings. The molecule has 8 heavy (non-hydrogen) atoms. The molecule has 0 saturated heterocycles. The molecule has 0 rings (SSSR count). The smallest absolute Gasteiger partial charge is 0.0546 e. The van der Waals surface area contributed by atoms with Gasteiger partial charge < -0.3 is 5.11 Å². The summed E-state index contributed by atoms with van der Waals surface area (Å²) in [5, 5.41) is 8.66. The summed E-state index contributed by atoms with van der Waals surface area (Å²) < 4.78 is 0. The van der Waals surface area contributed by atoms with Crippen LogP contribution in [0.4, 0.5) is 0 Å². The van der Waals surface area contributed by atoms with Crippen LogP contribution < -0.4 is 0 Å². The molecule has 0 heterocycles. The number of aliphatic hydroxyl groups is 1. The van der Waals surface area contributed by atoms with Crippen LogP contribution in [-0.4, -0.2) is 11.2 Å². The van der Waals surface area contributed by atoms with Crippen LogP contribution in [0.3, 0.4) is 0 Å². The van der Waals surface area contributed by atoms with Crippen LogP contribution in [-0.2, 0) is 0 Å². The van der Waals surface area contributed by atoms with E-state index in [-0.39, 0.29) is 6.10 Å². The molecule has 0 radical (unpaired) electrons. The highest BCUT2D eigenvalue weighted by Gasteiger charge is 1.86. The molecule has 0 aromatic heterocycles. The Labute approximate surface area is 50.0 Å². The first-order valence-corrected chi connectivity index (χ1v) is 2.56. The fourth-order valence-corrected chi connectivity index (χ4v) is 0.333. The Morgan fingerprint density at radius 3 is 2.88 bits per heavy atom. The number of terminal acetylenes is 1. The SMILES string of the molecule is C#C/C=C/CC(C)O. The van der Waals surface area contributed by atoms with E-state index in [0.29, 0.717) is 6.42 Å². The molecule has 0 aliphatic heterocycles. The van der Waals surface area contributed by atoms with Crippen LogP contribution in [0.5, 0.6) is 0 Å². The second-order valence-corrected chi connectivity index (χ2v) is 1.65. The zero-order valence-electron chi connectivity index (χ0n) is 4.96. The first kappa shape index (κ1) is 7.26. The fourth-order valence-electron chi connectivity index (χ4n) is 0.333. The van der Waals surface area contributed by atoms with Gasteiger partial charge in [-0.1, -0.05) is 12.0 Å². The van der Waals surface area contributed by atoms with Gasteiger partial charge in [0.05, 0.1) is 6.10 Å². The van der Waals surface area contributed by atoms with Crippen molar-refractivity contribution in [3.05, 3.63) is 12.2 Å². The van der Waals surface area contributed by atoms with Crippen LogP contribution in [0.2, 0.25) is 0 Å². The van der Waals surface area contributed by atoms with Crippen molar-refractivity contribution in [3.63, 3.8) is 0 Å². The van der Waals surface area contributed by atoms with Crippen LogP contribution in [0.15, 0.2) is 12.2 Å². The highest BCUT2D eigenvalue weighted by molar-refractivity contribution is 5.08. The van der Waals surface area contributed by atoms with Crippen molar-refractivity contribution < 1.29 is 5.11 Å². The lowest BCUT2D eigenvalue weighted by Gasteiger charge is -1.93. The van der Waals surface area contributed by atoms with Gasteiger partial charge in [-0.3, -0.25) is 0 Å². The summed E-state index contributed by atoms with van der Waals surface area (Å²) >= 11 is 0. The van der Waals surface area contributed by atoms with Gasteiger partial charge in [0, 0.05) is 0 Å². The Hall–Kier alpha value is -0.740. The van der Waals surface area contributed by atoms with Gasteiger partial charge in [0.2, 0.25) is 0 Å². The predicted molar refractivity (Wildman–Crippen MR) is 34.3 cm³/mol. The van der Waals surface area contributed by atoms with E-state index in [1.807, 2.05) is 0 Å². The lowest BCUT2D eigenvalue weighted by molar-refractivity contribution is 0.198. The van der Waals surface area contributed by atoms with E-state index in [9.17, 15) is 0 Å². The minimum Gasteiger partial charge on any atom is -0.393 e. The molecule has 0 fully saturated rings. The molecule has 1 unspecified atom stereocenters. The monoisotopic (exact) mass is 110 g/mol. The first-order chi connectivity index (χ1) is 3.77. The zero-order valence-corrected chi connectivity index (χ0v) is 4.96. The highest BCUT2D eigenvalue weighted by atomic mass is 16.3. The quantitative estimate of drug-likeness (QED) is 0.525. The Morgan fingerprint density at radius 2 is 2.50 bits per heavy atom. The van der Waals surface area contributed by atoms with Gasteiger partial charge in [-0.05, 0) is 19.4 Å². The number of hydrogen-bond donors (Lipinski definition) is 1. The third kappa shape index (κ3) is 5.26. The van der Waals surface area contributed by atoms with Gasteiger partial charge in [0.15, 0.2) is 0 Å². The molecule has 1 N–H and O–H groups in total. The van der Waals surface area contributed by atoms with Gasteiger partial charge >= 0.3 is 0 Å². The molecule has 1 heteroatoms. The number of aliphatic hydroxyl groups excluding tert-OH is 1. The summed E-state index contributed by atoms with van der Waals surface area (Å²) in [7, 11) is 0. The summed E-state index contributed by atoms with van der Waals surface area (Å²) in [5.41, 5.74) is 0. The lowest BCUT2D eigenvalue weighted by Crippen LogP contribution is -1.94. The normalized spacial score (nSPS) is 13.6. The molecule has 0 saturated carbocycles. The average Bonchev–Trinajstić information content (AvgIpc) is 1.66. The second-order valence-electron chi connectivity index (χ2n) is 1.65. The van der Waals surface area contributed by atoms with Crippen molar-refractivity contribution in [1.29, 1.82) is 0 Å². The van der Waals surface area contributed by atoms with Crippen molar-refractivity contribution >= 4 is 0 Å². The third-order valence-electron chi connectivity index (χ3n) is 0.691. The van der Waals surface area contributed by atoms with Crippen molar-refractivity contribution in [1.82, 2.24) is 0 Å². The fraction of sp³-hybridized carbons (Fsp3) is 0.429. The topological polar surface area (TPSA) is 20.2 Å². The van der Waals surface area contributed by atoms with Crippen molar-refractivity contribution in [2.75, 3.05) is 0 Å². The summed E-state index contributed by atoms with van der Waals surface area (Å²) in [6.45, 7) is 1.72. The average molecular weight is 110 g/mol. The van der Waals surface area contributed by atoms with E-state index >= 15 is 0 Å². The molecule has 0 aliphatic carbocycles. The molecule has 0 amide bonds. The molecule has 44 valence electrons. The standard InChI is InChI=1S/C7H10O/c1-3-4-5-6-7(2)8/h1,4-5,7-8H,6H2,2H3/b5-4+. The second kappa shape index (κ2) is 4.42. The van der Waals surface area contributed by atoms with Gasteiger partial charge in [-0.25, -0.2) is 0 Å². The van der Waals surface area contributed by atoms with Gasteiger partial charge in [-0.2, -0.15) is 0 Å². The van der Waals surface area contributed by atoms with E-state index in [4.69, 9.17) is 11.5 Å². The maximum absolute atomic E-state index is 8.66. The first-order valence-electron chi connectivity index (χ1n) is 2.56. The van der Waals surface area contributed by atoms with E-state index in [2.05, 4.69) is 5.92 Å². The summed E-state index contributed by atoms with van der Waals surface area (Å²) in [6, 6.07) is 0. The minimum atomic E-state index is -0.278. The molecule has 0 aromatic rings. The largest absolute Gasteiger partial charge is 0.393 e. The third-order valence-corrected chi connectivity index (χ3v) is 0.691. The van der Waals surface area contributed by atoms with Crippen molar-refractivity contribution in [2.24, 2.45) is 0 Å². The van der Waals surface area contributed by atoms with Gasteiger partial charge in [0.1, 0.15) is 0 Å².